The molecule has 1 amide bonds. The van der Waals surface area contributed by atoms with Crippen molar-refractivity contribution in [3.05, 3.63) is 71.8 Å². The quantitative estimate of drug-likeness (QED) is 0.568. The lowest BCUT2D eigenvalue weighted by Crippen LogP contribution is -2.17. The highest BCUT2D eigenvalue weighted by Crippen LogP contribution is 2.24. The van der Waals surface area contributed by atoms with Crippen LogP contribution >= 0.6 is 0 Å². The van der Waals surface area contributed by atoms with E-state index in [1.54, 1.807) is 18.3 Å². The number of phenolic OH excluding ortho intramolecular Hbond substituents is 1. The van der Waals surface area contributed by atoms with Crippen molar-refractivity contribution in [2.45, 2.75) is 0 Å². The molecule has 0 saturated heterocycles. The molecule has 3 rings (SSSR count). The summed E-state index contributed by atoms with van der Waals surface area (Å²) in [7, 11) is 3.94. The highest BCUT2D eigenvalue weighted by molar-refractivity contribution is 6.01. The van der Waals surface area contributed by atoms with Crippen molar-refractivity contribution in [1.82, 2.24) is 5.43 Å². The summed E-state index contributed by atoms with van der Waals surface area (Å²) in [4.78, 5) is 14.3. The summed E-state index contributed by atoms with van der Waals surface area (Å²) in [6.07, 6.45) is 1.56. The van der Waals surface area contributed by atoms with Crippen LogP contribution in [-0.2, 0) is 0 Å². The molecule has 0 aliphatic heterocycles. The highest BCUT2D eigenvalue weighted by atomic mass is 16.3. The zero-order valence-corrected chi connectivity index (χ0v) is 14.1. The molecule has 5 nitrogen and oxygen atoms in total. The number of hydrogen-bond donors (Lipinski definition) is 2. The van der Waals surface area contributed by atoms with Gasteiger partial charge >= 0.3 is 0 Å². The molecule has 2 N–H and O–H groups in total. The van der Waals surface area contributed by atoms with E-state index in [1.807, 2.05) is 67.5 Å². The van der Waals surface area contributed by atoms with Gasteiger partial charge in [-0.05, 0) is 40.6 Å². The fourth-order valence-electron chi connectivity index (χ4n) is 2.49. The molecule has 0 atom stereocenters. The zero-order chi connectivity index (χ0) is 17.8. The Morgan fingerprint density at radius 2 is 1.68 bits per heavy atom. The average Bonchev–Trinajstić information content (AvgIpc) is 2.61. The molecule has 0 saturated carbocycles. The third-order valence-corrected chi connectivity index (χ3v) is 3.90. The van der Waals surface area contributed by atoms with E-state index in [9.17, 15) is 9.90 Å². The van der Waals surface area contributed by atoms with Crippen molar-refractivity contribution in [3.8, 4) is 5.75 Å². The number of rotatable bonds is 4. The van der Waals surface area contributed by atoms with E-state index in [2.05, 4.69) is 10.5 Å². The molecule has 0 aliphatic rings. The minimum absolute atomic E-state index is 0.0678. The van der Waals surface area contributed by atoms with Gasteiger partial charge in [-0.25, -0.2) is 5.43 Å². The summed E-state index contributed by atoms with van der Waals surface area (Å²) < 4.78 is 0. The maximum Gasteiger partial charge on any atom is 0.275 e. The van der Waals surface area contributed by atoms with Gasteiger partial charge in [0.15, 0.2) is 0 Å². The first-order chi connectivity index (χ1) is 12.0. The maximum absolute atomic E-state index is 12.3. The van der Waals surface area contributed by atoms with Crippen molar-refractivity contribution in [2.75, 3.05) is 19.0 Å². The smallest absolute Gasteiger partial charge is 0.275 e. The molecule has 3 aromatic carbocycles. The van der Waals surface area contributed by atoms with E-state index in [0.717, 1.165) is 22.0 Å². The Kier molecular flexibility index (Phi) is 4.66. The first-order valence-corrected chi connectivity index (χ1v) is 7.87. The topological polar surface area (TPSA) is 64.9 Å². The molecule has 0 radical (unpaired) electrons. The molecule has 0 unspecified atom stereocenters. The number of amides is 1. The summed E-state index contributed by atoms with van der Waals surface area (Å²) in [5.41, 5.74) is 4.60. The number of carbonyl (C=O) groups is 1. The molecular weight excluding hydrogens is 314 g/mol. The Morgan fingerprint density at radius 3 is 2.32 bits per heavy atom. The standard InChI is InChI=1S/C20H19N3O2/c1-23(2)17-9-7-14(8-10-17)13-21-22-20(25)18-11-15-5-3-4-6-16(15)12-19(18)24/h3-13,24H,1-2H3,(H,22,25)/b21-13+. The predicted molar refractivity (Wildman–Crippen MR) is 101 cm³/mol. The van der Waals surface area contributed by atoms with Crippen LogP contribution in [0.2, 0.25) is 0 Å². The third-order valence-electron chi connectivity index (χ3n) is 3.90. The van der Waals surface area contributed by atoms with Crippen LogP contribution < -0.4 is 10.3 Å². The van der Waals surface area contributed by atoms with Crippen molar-refractivity contribution >= 4 is 28.6 Å². The van der Waals surface area contributed by atoms with Gasteiger partial charge in [-0.1, -0.05) is 36.4 Å². The van der Waals surface area contributed by atoms with Gasteiger partial charge < -0.3 is 10.0 Å². The summed E-state index contributed by atoms with van der Waals surface area (Å²) in [6, 6.07) is 18.5. The van der Waals surface area contributed by atoms with Crippen LogP contribution in [0.25, 0.3) is 10.8 Å². The van der Waals surface area contributed by atoms with Crippen molar-refractivity contribution in [2.24, 2.45) is 5.10 Å². The number of carbonyl (C=O) groups excluding carboxylic acids is 1. The number of nitrogens with zero attached hydrogens (tertiary/aromatic N) is 2. The summed E-state index contributed by atoms with van der Waals surface area (Å²) in [5.74, 6) is -0.522. The van der Waals surface area contributed by atoms with Crippen molar-refractivity contribution < 1.29 is 9.90 Å². The van der Waals surface area contributed by atoms with Crippen molar-refractivity contribution in [3.63, 3.8) is 0 Å². The highest BCUT2D eigenvalue weighted by Gasteiger charge is 2.11. The Balaban J connectivity index is 1.73. The number of hydrogen-bond acceptors (Lipinski definition) is 4. The Hall–Kier alpha value is -3.34. The van der Waals surface area contributed by atoms with Crippen LogP contribution in [0, 0.1) is 0 Å². The van der Waals surface area contributed by atoms with Crippen LogP contribution in [0.1, 0.15) is 15.9 Å². The largest absolute Gasteiger partial charge is 0.507 e. The van der Waals surface area contributed by atoms with Crippen LogP contribution in [-0.4, -0.2) is 31.3 Å². The second-order valence-electron chi connectivity index (χ2n) is 5.90. The summed E-state index contributed by atoms with van der Waals surface area (Å²) in [6.45, 7) is 0. The minimum Gasteiger partial charge on any atom is -0.507 e. The molecule has 0 aromatic heterocycles. The van der Waals surface area contributed by atoms with Crippen molar-refractivity contribution in [1.29, 1.82) is 0 Å². The average molecular weight is 333 g/mol. The molecule has 0 fully saturated rings. The first-order valence-electron chi connectivity index (χ1n) is 7.87. The Morgan fingerprint density at radius 1 is 1.04 bits per heavy atom. The normalized spacial score (nSPS) is 11.0. The monoisotopic (exact) mass is 333 g/mol. The van der Waals surface area contributed by atoms with Gasteiger partial charge in [-0.15, -0.1) is 0 Å². The van der Waals surface area contributed by atoms with E-state index in [1.165, 1.54) is 0 Å². The number of fused-ring (bicyclic) bond motifs is 1. The molecule has 0 aliphatic carbocycles. The number of phenols is 1. The minimum atomic E-state index is -0.454. The van der Waals surface area contributed by atoms with E-state index in [0.29, 0.717) is 0 Å². The fourth-order valence-corrected chi connectivity index (χ4v) is 2.49. The van der Waals surface area contributed by atoms with Gasteiger partial charge in [-0.2, -0.15) is 5.10 Å². The number of aromatic hydroxyl groups is 1. The number of nitrogens with one attached hydrogen (secondary N) is 1. The van der Waals surface area contributed by atoms with Gasteiger partial charge in [0.2, 0.25) is 0 Å². The summed E-state index contributed by atoms with van der Waals surface area (Å²) in [5, 5.41) is 15.8. The Bertz CT molecular complexity index is 931. The van der Waals surface area contributed by atoms with Crippen LogP contribution in [0.5, 0.6) is 5.75 Å². The fraction of sp³-hybridized carbons (Fsp3) is 0.100. The van der Waals surface area contributed by atoms with Crippen LogP contribution in [0.15, 0.2) is 65.8 Å². The van der Waals surface area contributed by atoms with Crippen LogP contribution in [0.4, 0.5) is 5.69 Å². The van der Waals surface area contributed by atoms with E-state index in [4.69, 9.17) is 0 Å². The van der Waals surface area contributed by atoms with Gasteiger partial charge in [0.25, 0.3) is 5.91 Å². The first kappa shape index (κ1) is 16.5. The number of benzene rings is 3. The van der Waals surface area contributed by atoms with Gasteiger partial charge in [0.1, 0.15) is 5.75 Å². The zero-order valence-electron chi connectivity index (χ0n) is 14.1. The lowest BCUT2D eigenvalue weighted by molar-refractivity contribution is 0.0952. The third kappa shape index (κ3) is 3.77. The molecular formula is C20H19N3O2. The lowest BCUT2D eigenvalue weighted by atomic mass is 10.1. The predicted octanol–water partition coefficient (Wildman–Crippen LogP) is 3.38. The SMILES string of the molecule is CN(C)c1ccc(/C=N/NC(=O)c2cc3ccccc3cc2O)cc1. The summed E-state index contributed by atoms with van der Waals surface area (Å²) >= 11 is 0. The second kappa shape index (κ2) is 7.05. The van der Waals surface area contributed by atoms with Gasteiger partial charge in [0, 0.05) is 19.8 Å². The molecule has 0 heterocycles. The van der Waals surface area contributed by atoms with E-state index < -0.39 is 5.91 Å². The molecule has 126 valence electrons. The molecule has 0 spiro atoms. The lowest BCUT2D eigenvalue weighted by Gasteiger charge is -2.11. The number of hydrazone groups is 1. The Labute approximate surface area is 146 Å². The van der Waals surface area contributed by atoms with E-state index in [-0.39, 0.29) is 11.3 Å². The van der Waals surface area contributed by atoms with Gasteiger partial charge in [0.05, 0.1) is 11.8 Å². The molecule has 3 aromatic rings. The van der Waals surface area contributed by atoms with Gasteiger partial charge in [-0.3, -0.25) is 4.79 Å². The molecule has 5 heteroatoms. The molecule has 25 heavy (non-hydrogen) atoms. The number of anilines is 1. The molecule has 0 bridgehead atoms. The van der Waals surface area contributed by atoms with Crippen LogP contribution in [0.3, 0.4) is 0 Å². The van der Waals surface area contributed by atoms with E-state index >= 15 is 0 Å². The maximum atomic E-state index is 12.3. The second-order valence-corrected chi connectivity index (χ2v) is 5.90.